The van der Waals surface area contributed by atoms with Gasteiger partial charge in [0.25, 0.3) is 5.97 Å². The lowest BCUT2D eigenvalue weighted by atomic mass is 10.1. The molecule has 0 aromatic heterocycles. The Labute approximate surface area is 95.4 Å². The molecule has 0 aromatic carbocycles. The van der Waals surface area contributed by atoms with Crippen molar-refractivity contribution in [1.82, 2.24) is 0 Å². The molecule has 6 nitrogen and oxygen atoms in total. The highest BCUT2D eigenvalue weighted by Gasteiger charge is 2.25. The number of ether oxygens (including phenoxy) is 1. The number of aliphatic hydroxyl groups is 1. The van der Waals surface area contributed by atoms with Crippen LogP contribution < -0.4 is 5.73 Å². The lowest BCUT2D eigenvalue weighted by Crippen LogP contribution is -2.44. The first-order valence-electron chi connectivity index (χ1n) is 4.83. The van der Waals surface area contributed by atoms with Gasteiger partial charge in [-0.05, 0) is 27.7 Å². The predicted molar refractivity (Wildman–Crippen MR) is 58.8 cm³/mol. The van der Waals surface area contributed by atoms with Crippen LogP contribution in [0.3, 0.4) is 0 Å². The fourth-order valence-electron chi connectivity index (χ4n) is 0.567. The van der Waals surface area contributed by atoms with Crippen LogP contribution in [0, 0.1) is 0 Å². The number of hydrogen-bond donors (Lipinski definition) is 3. The normalized spacial score (nSPS) is 14.2. The summed E-state index contributed by atoms with van der Waals surface area (Å²) in [5.74, 6) is -1.41. The second kappa shape index (κ2) is 7.19. The fraction of sp³-hybridized carbons (Fsp3) is 0.800. The SMILES string of the molecule is CC(=O)O.C[C@@H](O)[C@H](N)C(=O)OC(C)(C)C. The van der Waals surface area contributed by atoms with Crippen LogP contribution in [0.5, 0.6) is 0 Å². The highest BCUT2D eigenvalue weighted by Crippen LogP contribution is 2.08. The van der Waals surface area contributed by atoms with Crippen LogP contribution >= 0.6 is 0 Å². The average Bonchev–Trinajstić information content (AvgIpc) is 1.98. The summed E-state index contributed by atoms with van der Waals surface area (Å²) in [5, 5.41) is 16.4. The molecule has 4 N–H and O–H groups in total. The molecule has 16 heavy (non-hydrogen) atoms. The number of rotatable bonds is 2. The fourth-order valence-corrected chi connectivity index (χ4v) is 0.567. The zero-order valence-electron chi connectivity index (χ0n) is 10.4. The summed E-state index contributed by atoms with van der Waals surface area (Å²) < 4.78 is 4.94. The van der Waals surface area contributed by atoms with Gasteiger partial charge in [0.15, 0.2) is 0 Å². The van der Waals surface area contributed by atoms with Crippen LogP contribution in [0.2, 0.25) is 0 Å². The Kier molecular flexibility index (Phi) is 7.75. The first-order chi connectivity index (χ1) is 6.97. The van der Waals surface area contributed by atoms with Gasteiger partial charge in [0.1, 0.15) is 11.6 Å². The van der Waals surface area contributed by atoms with Gasteiger partial charge in [-0.25, -0.2) is 0 Å². The van der Waals surface area contributed by atoms with Crippen molar-refractivity contribution < 1.29 is 24.5 Å². The van der Waals surface area contributed by atoms with Crippen molar-refractivity contribution in [3.63, 3.8) is 0 Å². The topological polar surface area (TPSA) is 110 Å². The molecular weight excluding hydrogens is 214 g/mol. The molecule has 0 rings (SSSR count). The lowest BCUT2D eigenvalue weighted by Gasteiger charge is -2.23. The molecular formula is C10H21NO5. The highest BCUT2D eigenvalue weighted by molar-refractivity contribution is 5.76. The van der Waals surface area contributed by atoms with E-state index in [2.05, 4.69) is 0 Å². The van der Waals surface area contributed by atoms with Crippen molar-refractivity contribution in [2.45, 2.75) is 52.4 Å². The Hall–Kier alpha value is -1.14. The predicted octanol–water partition coefficient (Wildman–Crippen LogP) is 0.127. The molecule has 0 saturated carbocycles. The number of carbonyl (C=O) groups excluding carboxylic acids is 1. The lowest BCUT2D eigenvalue weighted by molar-refractivity contribution is -0.158. The van der Waals surface area contributed by atoms with Gasteiger partial charge in [0.2, 0.25) is 0 Å². The van der Waals surface area contributed by atoms with E-state index in [0.717, 1.165) is 6.92 Å². The number of esters is 1. The molecule has 0 aliphatic carbocycles. The van der Waals surface area contributed by atoms with Crippen molar-refractivity contribution in [2.75, 3.05) is 0 Å². The van der Waals surface area contributed by atoms with E-state index in [9.17, 15) is 4.79 Å². The van der Waals surface area contributed by atoms with Gasteiger partial charge in [0.05, 0.1) is 6.10 Å². The Balaban J connectivity index is 0. The maximum absolute atomic E-state index is 11.1. The van der Waals surface area contributed by atoms with Crippen LogP contribution in [-0.2, 0) is 14.3 Å². The third-order valence-electron chi connectivity index (χ3n) is 1.20. The van der Waals surface area contributed by atoms with Gasteiger partial charge in [-0.3, -0.25) is 9.59 Å². The number of carbonyl (C=O) groups is 2. The van der Waals surface area contributed by atoms with Gasteiger partial charge in [-0.1, -0.05) is 0 Å². The van der Waals surface area contributed by atoms with E-state index in [4.69, 9.17) is 25.5 Å². The maximum atomic E-state index is 11.1. The Morgan fingerprint density at radius 3 is 1.81 bits per heavy atom. The van der Waals surface area contributed by atoms with E-state index in [0.29, 0.717) is 0 Å². The highest BCUT2D eigenvalue weighted by atomic mass is 16.6. The van der Waals surface area contributed by atoms with Gasteiger partial charge in [-0.15, -0.1) is 0 Å². The molecule has 2 atom stereocenters. The maximum Gasteiger partial charge on any atom is 0.326 e. The molecule has 0 aromatic rings. The zero-order chi connectivity index (χ0) is 13.5. The third-order valence-corrected chi connectivity index (χ3v) is 1.20. The quantitative estimate of drug-likeness (QED) is 0.587. The largest absolute Gasteiger partial charge is 0.481 e. The second-order valence-corrected chi connectivity index (χ2v) is 4.32. The van der Waals surface area contributed by atoms with E-state index in [1.54, 1.807) is 20.8 Å². The smallest absolute Gasteiger partial charge is 0.326 e. The molecule has 0 bridgehead atoms. The van der Waals surface area contributed by atoms with Gasteiger partial charge >= 0.3 is 5.97 Å². The molecule has 0 fully saturated rings. The van der Waals surface area contributed by atoms with Gasteiger partial charge in [-0.2, -0.15) is 0 Å². The van der Waals surface area contributed by atoms with E-state index in [1.165, 1.54) is 6.92 Å². The molecule has 0 radical (unpaired) electrons. The molecule has 0 aliphatic rings. The number of carboxylic acid groups (broad SMARTS) is 1. The van der Waals surface area contributed by atoms with E-state index < -0.39 is 29.7 Å². The average molecular weight is 235 g/mol. The molecule has 0 saturated heterocycles. The minimum atomic E-state index is -0.954. The minimum absolute atomic E-state index is 0.552. The first-order valence-corrected chi connectivity index (χ1v) is 4.83. The number of nitrogens with two attached hydrogens (primary N) is 1. The third kappa shape index (κ3) is 12.9. The minimum Gasteiger partial charge on any atom is -0.481 e. The summed E-state index contributed by atoms with van der Waals surface area (Å²) in [6.45, 7) is 7.79. The van der Waals surface area contributed by atoms with E-state index in [1.807, 2.05) is 0 Å². The Morgan fingerprint density at radius 2 is 1.62 bits per heavy atom. The summed E-state index contributed by atoms with van der Waals surface area (Å²) in [4.78, 5) is 20.1. The standard InChI is InChI=1S/C8H17NO3.C2H4O2/c1-5(10)6(9)7(11)12-8(2,3)4;1-2(3)4/h5-6,10H,9H2,1-4H3;1H3,(H,3,4)/t5-,6+;/m1./s1. The Morgan fingerprint density at radius 1 is 1.31 bits per heavy atom. The van der Waals surface area contributed by atoms with Crippen molar-refractivity contribution in [1.29, 1.82) is 0 Å². The van der Waals surface area contributed by atoms with Crippen LogP contribution in [0.4, 0.5) is 0 Å². The summed E-state index contributed by atoms with van der Waals surface area (Å²) in [6.07, 6.45) is -0.875. The molecule has 0 spiro atoms. The zero-order valence-corrected chi connectivity index (χ0v) is 10.4. The van der Waals surface area contributed by atoms with Crippen LogP contribution in [-0.4, -0.2) is 39.9 Å². The second-order valence-electron chi connectivity index (χ2n) is 4.32. The van der Waals surface area contributed by atoms with Crippen molar-refractivity contribution >= 4 is 11.9 Å². The number of aliphatic hydroxyl groups excluding tert-OH is 1. The van der Waals surface area contributed by atoms with Crippen molar-refractivity contribution in [2.24, 2.45) is 5.73 Å². The van der Waals surface area contributed by atoms with Crippen LogP contribution in [0.15, 0.2) is 0 Å². The monoisotopic (exact) mass is 235 g/mol. The molecule has 0 amide bonds. The summed E-state index contributed by atoms with van der Waals surface area (Å²) >= 11 is 0. The van der Waals surface area contributed by atoms with Crippen LogP contribution in [0.1, 0.15) is 34.6 Å². The first kappa shape index (κ1) is 17.3. The summed E-state index contributed by atoms with van der Waals surface area (Å²) in [5.41, 5.74) is 4.79. The molecule has 6 heteroatoms. The van der Waals surface area contributed by atoms with Gasteiger partial charge in [0, 0.05) is 6.92 Å². The Bertz CT molecular complexity index is 228. The number of carboxylic acids is 1. The summed E-state index contributed by atoms with van der Waals surface area (Å²) in [7, 11) is 0. The molecule has 96 valence electrons. The molecule has 0 aliphatic heterocycles. The van der Waals surface area contributed by atoms with Crippen molar-refractivity contribution in [3.8, 4) is 0 Å². The van der Waals surface area contributed by atoms with E-state index in [-0.39, 0.29) is 0 Å². The van der Waals surface area contributed by atoms with Crippen molar-refractivity contribution in [3.05, 3.63) is 0 Å². The molecule has 0 heterocycles. The molecule has 0 unspecified atom stereocenters. The summed E-state index contributed by atoms with van der Waals surface area (Å²) in [6, 6.07) is -0.954. The number of aliphatic carboxylic acids is 1. The van der Waals surface area contributed by atoms with Gasteiger partial charge < -0.3 is 20.7 Å². The van der Waals surface area contributed by atoms with E-state index >= 15 is 0 Å². The number of hydrogen-bond acceptors (Lipinski definition) is 5. The van der Waals surface area contributed by atoms with Crippen LogP contribution in [0.25, 0.3) is 0 Å².